The second-order valence-electron chi connectivity index (χ2n) is 4.30. The van der Waals surface area contributed by atoms with Crippen molar-refractivity contribution >= 4 is 43.0 Å². The topological polar surface area (TPSA) is 76.3 Å². The van der Waals surface area contributed by atoms with Crippen LogP contribution < -0.4 is 5.73 Å². The summed E-state index contributed by atoms with van der Waals surface area (Å²) in [5, 5.41) is 0. The van der Waals surface area contributed by atoms with Crippen molar-refractivity contribution in [2.24, 2.45) is 0 Å². The normalized spacial score (nSPS) is 12.0. The van der Waals surface area contributed by atoms with Crippen LogP contribution in [0.15, 0.2) is 33.1 Å². The van der Waals surface area contributed by atoms with E-state index in [1.807, 2.05) is 6.92 Å². The molecule has 0 saturated heterocycles. The van der Waals surface area contributed by atoms with Crippen molar-refractivity contribution in [1.82, 2.24) is 9.29 Å². The molecule has 0 aliphatic carbocycles. The first-order valence-corrected chi connectivity index (χ1v) is 8.84. The van der Waals surface area contributed by atoms with Crippen LogP contribution in [0.2, 0.25) is 0 Å². The molecule has 0 atom stereocenters. The predicted octanol–water partition coefficient (Wildman–Crippen LogP) is 2.62. The molecule has 0 fully saturated rings. The molecule has 5 nitrogen and oxygen atoms in total. The van der Waals surface area contributed by atoms with Gasteiger partial charge >= 0.3 is 0 Å². The second-order valence-corrected chi connectivity index (χ2v) is 8.17. The maximum absolute atomic E-state index is 12.5. The van der Waals surface area contributed by atoms with E-state index < -0.39 is 10.0 Å². The molecule has 1 aromatic carbocycles. The van der Waals surface area contributed by atoms with Gasteiger partial charge in [-0.2, -0.15) is 4.31 Å². The van der Waals surface area contributed by atoms with Gasteiger partial charge in [0.05, 0.1) is 16.9 Å². The van der Waals surface area contributed by atoms with E-state index in [2.05, 4.69) is 20.9 Å². The molecule has 0 aliphatic heterocycles. The molecular formula is C12H14BrN3O2S2. The first-order valence-electron chi connectivity index (χ1n) is 5.72. The van der Waals surface area contributed by atoms with E-state index in [-0.39, 0.29) is 17.1 Å². The molecule has 0 saturated carbocycles. The number of hydrogen-bond donors (Lipinski definition) is 1. The van der Waals surface area contributed by atoms with Gasteiger partial charge in [0.15, 0.2) is 0 Å². The van der Waals surface area contributed by atoms with Crippen LogP contribution in [0.25, 0.3) is 0 Å². The van der Waals surface area contributed by atoms with Crippen LogP contribution in [-0.4, -0.2) is 24.8 Å². The number of nitrogens with two attached hydrogens (primary N) is 1. The van der Waals surface area contributed by atoms with Crippen molar-refractivity contribution < 1.29 is 8.42 Å². The van der Waals surface area contributed by atoms with Crippen LogP contribution in [-0.2, 0) is 16.6 Å². The fourth-order valence-corrected chi connectivity index (χ4v) is 4.21. The lowest BCUT2D eigenvalue weighted by molar-refractivity contribution is 0.469. The van der Waals surface area contributed by atoms with Crippen molar-refractivity contribution in [2.45, 2.75) is 18.4 Å². The van der Waals surface area contributed by atoms with Crippen LogP contribution >= 0.6 is 27.3 Å². The molecule has 2 aromatic rings. The van der Waals surface area contributed by atoms with E-state index in [1.165, 1.54) is 28.8 Å². The summed E-state index contributed by atoms with van der Waals surface area (Å²) >= 11 is 4.70. The molecule has 0 aliphatic rings. The lowest BCUT2D eigenvalue weighted by Gasteiger charge is -2.18. The molecule has 108 valence electrons. The van der Waals surface area contributed by atoms with Crippen molar-refractivity contribution in [3.05, 3.63) is 38.8 Å². The minimum absolute atomic E-state index is 0.116. The first kappa shape index (κ1) is 15.4. The average molecular weight is 376 g/mol. The summed E-state index contributed by atoms with van der Waals surface area (Å²) in [6.45, 7) is 2.15. The van der Waals surface area contributed by atoms with Gasteiger partial charge < -0.3 is 5.73 Å². The molecule has 2 N–H and O–H groups in total. The Kier molecular flexibility index (Phi) is 4.48. The Morgan fingerprint density at radius 1 is 1.45 bits per heavy atom. The lowest BCUT2D eigenvalue weighted by atomic mass is 10.3. The summed E-state index contributed by atoms with van der Waals surface area (Å²) in [5.74, 6) is 0. The zero-order valence-corrected chi connectivity index (χ0v) is 14.2. The predicted molar refractivity (Wildman–Crippen MR) is 84.1 cm³/mol. The number of sulfonamides is 1. The van der Waals surface area contributed by atoms with E-state index in [9.17, 15) is 8.42 Å². The van der Waals surface area contributed by atoms with Crippen LogP contribution in [0.5, 0.6) is 0 Å². The summed E-state index contributed by atoms with van der Waals surface area (Å²) in [4.78, 5) is 5.16. The Hall–Kier alpha value is -0.960. The van der Waals surface area contributed by atoms with E-state index >= 15 is 0 Å². The summed E-state index contributed by atoms with van der Waals surface area (Å²) in [5.41, 5.74) is 8.59. The summed E-state index contributed by atoms with van der Waals surface area (Å²) in [7, 11) is -2.08. The summed E-state index contributed by atoms with van der Waals surface area (Å²) in [6, 6.07) is 4.75. The Balaban J connectivity index is 2.32. The third-order valence-electron chi connectivity index (χ3n) is 2.87. The third-order valence-corrected chi connectivity index (χ3v) is 6.16. The van der Waals surface area contributed by atoms with Gasteiger partial charge in [0, 0.05) is 22.9 Å². The Morgan fingerprint density at radius 3 is 2.70 bits per heavy atom. The van der Waals surface area contributed by atoms with Crippen molar-refractivity contribution in [2.75, 3.05) is 12.8 Å². The number of aryl methyl sites for hydroxylation is 1. The molecule has 0 radical (unpaired) electrons. The zero-order chi connectivity index (χ0) is 14.9. The third kappa shape index (κ3) is 3.03. The zero-order valence-electron chi connectivity index (χ0n) is 11.0. The second kappa shape index (κ2) is 5.80. The van der Waals surface area contributed by atoms with E-state index in [0.29, 0.717) is 0 Å². The smallest absolute Gasteiger partial charge is 0.245 e. The van der Waals surface area contributed by atoms with Crippen LogP contribution in [0.4, 0.5) is 5.69 Å². The maximum Gasteiger partial charge on any atom is 0.245 e. The molecule has 20 heavy (non-hydrogen) atoms. The largest absolute Gasteiger partial charge is 0.398 e. The SMILES string of the molecule is Cc1ncsc1CN(C)S(=O)(=O)c1ccc(Br)cc1N. The van der Waals surface area contributed by atoms with Crippen molar-refractivity contribution in [1.29, 1.82) is 0 Å². The van der Waals surface area contributed by atoms with Gasteiger partial charge in [-0.25, -0.2) is 13.4 Å². The Labute approximate surface area is 130 Å². The number of rotatable bonds is 4. The fraction of sp³-hybridized carbons (Fsp3) is 0.250. The highest BCUT2D eigenvalue weighted by atomic mass is 79.9. The number of hydrogen-bond acceptors (Lipinski definition) is 5. The molecule has 0 unspecified atom stereocenters. The highest BCUT2D eigenvalue weighted by Crippen LogP contribution is 2.26. The molecule has 0 bridgehead atoms. The lowest BCUT2D eigenvalue weighted by Crippen LogP contribution is -2.27. The van der Waals surface area contributed by atoms with Gasteiger partial charge in [-0.1, -0.05) is 15.9 Å². The maximum atomic E-state index is 12.5. The van der Waals surface area contributed by atoms with E-state index in [0.717, 1.165) is 15.0 Å². The van der Waals surface area contributed by atoms with Gasteiger partial charge in [-0.05, 0) is 25.1 Å². The fourth-order valence-electron chi connectivity index (χ4n) is 1.69. The van der Waals surface area contributed by atoms with Gasteiger partial charge in [-0.3, -0.25) is 0 Å². The highest BCUT2D eigenvalue weighted by Gasteiger charge is 2.24. The Morgan fingerprint density at radius 2 is 2.15 bits per heavy atom. The number of benzene rings is 1. The van der Waals surface area contributed by atoms with Crippen LogP contribution in [0.3, 0.4) is 0 Å². The molecular weight excluding hydrogens is 362 g/mol. The number of anilines is 1. The minimum Gasteiger partial charge on any atom is -0.398 e. The molecule has 0 amide bonds. The number of aromatic nitrogens is 1. The van der Waals surface area contributed by atoms with Crippen LogP contribution in [0.1, 0.15) is 10.6 Å². The highest BCUT2D eigenvalue weighted by molar-refractivity contribution is 9.10. The Bertz CT molecular complexity index is 728. The van der Waals surface area contributed by atoms with Gasteiger partial charge in [0.25, 0.3) is 0 Å². The molecule has 2 rings (SSSR count). The summed E-state index contributed by atoms with van der Waals surface area (Å²) in [6.07, 6.45) is 0. The number of thiazole rings is 1. The van der Waals surface area contributed by atoms with Gasteiger partial charge in [0.2, 0.25) is 10.0 Å². The molecule has 1 heterocycles. The molecule has 1 aromatic heterocycles. The molecule has 0 spiro atoms. The van der Waals surface area contributed by atoms with E-state index in [1.54, 1.807) is 17.6 Å². The van der Waals surface area contributed by atoms with E-state index in [4.69, 9.17) is 5.73 Å². The van der Waals surface area contributed by atoms with Gasteiger partial charge in [0.1, 0.15) is 4.90 Å². The first-order chi connectivity index (χ1) is 9.32. The molecule has 8 heteroatoms. The monoisotopic (exact) mass is 375 g/mol. The average Bonchev–Trinajstić information content (AvgIpc) is 2.74. The van der Waals surface area contributed by atoms with Gasteiger partial charge in [-0.15, -0.1) is 11.3 Å². The van der Waals surface area contributed by atoms with Crippen LogP contribution in [0, 0.1) is 6.92 Å². The number of halogens is 1. The van der Waals surface area contributed by atoms with Crippen molar-refractivity contribution in [3.8, 4) is 0 Å². The number of nitrogens with zero attached hydrogens (tertiary/aromatic N) is 2. The summed E-state index contributed by atoms with van der Waals surface area (Å²) < 4.78 is 27.1. The number of nitrogen functional groups attached to an aromatic ring is 1. The quantitative estimate of drug-likeness (QED) is 0.833. The standard InChI is InChI=1S/C12H14BrN3O2S2/c1-8-11(19-7-15-8)6-16(2)20(17,18)12-4-3-9(13)5-10(12)14/h3-5,7H,6,14H2,1-2H3. The minimum atomic E-state index is -3.61. The van der Waals surface area contributed by atoms with Crippen molar-refractivity contribution in [3.63, 3.8) is 0 Å².